The molecule has 1 amide bonds. The number of hydrogen-bond donors (Lipinski definition) is 0. The fraction of sp³-hybridized carbons (Fsp3) is 0.208. The third-order valence-electron chi connectivity index (χ3n) is 5.08. The van der Waals surface area contributed by atoms with Crippen molar-refractivity contribution >= 4 is 40.9 Å². The lowest BCUT2D eigenvalue weighted by Gasteiger charge is -2.21. The third kappa shape index (κ3) is 5.09. The monoisotopic (exact) mass is 475 g/mol. The van der Waals surface area contributed by atoms with E-state index >= 15 is 0 Å². The first-order valence-electron chi connectivity index (χ1n) is 9.77. The van der Waals surface area contributed by atoms with Crippen molar-refractivity contribution in [3.63, 3.8) is 0 Å². The summed E-state index contributed by atoms with van der Waals surface area (Å²) in [7, 11) is 1.70. The zero-order valence-electron chi connectivity index (χ0n) is 16.8. The molecule has 0 N–H and O–H groups in total. The summed E-state index contributed by atoms with van der Waals surface area (Å²) in [6.45, 7) is 0.603. The van der Waals surface area contributed by atoms with Gasteiger partial charge in [0.05, 0.1) is 6.54 Å². The molecule has 1 unspecified atom stereocenters. The van der Waals surface area contributed by atoms with Crippen molar-refractivity contribution < 1.29 is 14.3 Å². The first-order chi connectivity index (χ1) is 14.9. The summed E-state index contributed by atoms with van der Waals surface area (Å²) in [5.41, 5.74) is 3.44. The highest BCUT2D eigenvalue weighted by molar-refractivity contribution is 6.35. The van der Waals surface area contributed by atoms with Crippen molar-refractivity contribution in [3.8, 4) is 16.9 Å². The van der Waals surface area contributed by atoms with Gasteiger partial charge in [0.1, 0.15) is 18.5 Å². The Morgan fingerprint density at radius 2 is 1.77 bits per heavy atom. The number of carbonyl (C=O) groups is 1. The van der Waals surface area contributed by atoms with Gasteiger partial charge < -0.3 is 14.4 Å². The van der Waals surface area contributed by atoms with Crippen LogP contribution in [-0.4, -0.2) is 30.7 Å². The minimum atomic E-state index is -0.403. The summed E-state index contributed by atoms with van der Waals surface area (Å²) in [6, 6.07) is 18.5. The fourth-order valence-corrected chi connectivity index (χ4v) is 4.24. The van der Waals surface area contributed by atoms with Crippen LogP contribution in [0.4, 0.5) is 4.79 Å². The molecule has 0 aromatic heterocycles. The molecule has 0 aliphatic carbocycles. The van der Waals surface area contributed by atoms with Gasteiger partial charge in [0.25, 0.3) is 0 Å². The Balaban J connectivity index is 1.46. The molecular formula is C24H20Cl3NO3. The molecule has 0 saturated heterocycles. The molecule has 4 nitrogen and oxygen atoms in total. The summed E-state index contributed by atoms with van der Waals surface area (Å²) in [4.78, 5) is 13.9. The number of hydrogen-bond acceptors (Lipinski definition) is 3. The largest absolute Gasteiger partial charge is 0.487 e. The Morgan fingerprint density at radius 1 is 1.03 bits per heavy atom. The number of likely N-dealkylation sites (N-methyl/N-ethyl adjacent to an activating group) is 1. The molecule has 0 saturated carbocycles. The predicted octanol–water partition coefficient (Wildman–Crippen LogP) is 6.89. The number of ether oxygens (including phenoxy) is 2. The van der Waals surface area contributed by atoms with Gasteiger partial charge in [-0.2, -0.15) is 0 Å². The standard InChI is InChI=1S/C24H20Cl3NO3/c1-28(24(29)30-14-15-5-3-2-4-6-15)13-19-10-16-9-18(26)12-21(23(16)31-19)20-11-17(25)7-8-22(20)27/h2-9,11-12,19H,10,13-14H2,1H3. The third-order valence-corrected chi connectivity index (χ3v) is 5.86. The molecule has 7 heteroatoms. The summed E-state index contributed by atoms with van der Waals surface area (Å²) in [5.74, 6) is 0.713. The Bertz CT molecular complexity index is 1100. The Labute approximate surface area is 196 Å². The first-order valence-corrected chi connectivity index (χ1v) is 10.9. The molecule has 3 aromatic rings. The van der Waals surface area contributed by atoms with Gasteiger partial charge in [-0.15, -0.1) is 0 Å². The highest BCUT2D eigenvalue weighted by Gasteiger charge is 2.29. The minimum Gasteiger partial charge on any atom is -0.487 e. The lowest BCUT2D eigenvalue weighted by molar-refractivity contribution is 0.0895. The van der Waals surface area contributed by atoms with E-state index in [0.717, 1.165) is 22.3 Å². The highest BCUT2D eigenvalue weighted by Crippen LogP contribution is 2.44. The Hall–Kier alpha value is -2.40. The van der Waals surface area contributed by atoms with Crippen molar-refractivity contribution in [3.05, 3.63) is 86.9 Å². The van der Waals surface area contributed by atoms with Gasteiger partial charge >= 0.3 is 6.09 Å². The van der Waals surface area contributed by atoms with Crippen LogP contribution in [0.1, 0.15) is 11.1 Å². The van der Waals surface area contributed by atoms with Crippen molar-refractivity contribution in [1.29, 1.82) is 0 Å². The average molecular weight is 477 g/mol. The molecule has 0 bridgehead atoms. The molecule has 1 atom stereocenters. The van der Waals surface area contributed by atoms with Crippen LogP contribution in [0.25, 0.3) is 11.1 Å². The molecule has 0 radical (unpaired) electrons. The lowest BCUT2D eigenvalue weighted by atomic mass is 10.0. The van der Waals surface area contributed by atoms with E-state index < -0.39 is 6.09 Å². The second-order valence-corrected chi connectivity index (χ2v) is 8.71. The molecule has 1 heterocycles. The minimum absolute atomic E-state index is 0.223. The molecule has 160 valence electrons. The number of halogens is 3. The number of fused-ring (bicyclic) bond motifs is 1. The second kappa shape index (κ2) is 9.39. The van der Waals surface area contributed by atoms with E-state index in [9.17, 15) is 4.79 Å². The SMILES string of the molecule is CN(CC1Cc2cc(Cl)cc(-c3cc(Cl)ccc3Cl)c2O1)C(=O)OCc1ccccc1. The van der Waals surface area contributed by atoms with Gasteiger partial charge in [0, 0.05) is 45.2 Å². The maximum atomic E-state index is 12.4. The second-order valence-electron chi connectivity index (χ2n) is 7.43. The fourth-order valence-electron chi connectivity index (χ4n) is 3.61. The molecule has 1 aliphatic rings. The average Bonchev–Trinajstić information content (AvgIpc) is 3.15. The highest BCUT2D eigenvalue weighted by atomic mass is 35.5. The summed E-state index contributed by atoms with van der Waals surface area (Å²) in [5, 5.41) is 1.72. The van der Waals surface area contributed by atoms with Crippen LogP contribution in [-0.2, 0) is 17.8 Å². The smallest absolute Gasteiger partial charge is 0.409 e. The molecule has 0 fully saturated rings. The maximum Gasteiger partial charge on any atom is 0.409 e. The predicted molar refractivity (Wildman–Crippen MR) is 124 cm³/mol. The van der Waals surface area contributed by atoms with E-state index in [2.05, 4.69) is 0 Å². The zero-order valence-corrected chi connectivity index (χ0v) is 19.0. The summed E-state index contributed by atoms with van der Waals surface area (Å²) in [6.07, 6.45) is -0.00352. The van der Waals surface area contributed by atoms with Gasteiger partial charge in [0.2, 0.25) is 0 Å². The topological polar surface area (TPSA) is 38.8 Å². The van der Waals surface area contributed by atoms with Gasteiger partial charge in [-0.25, -0.2) is 4.79 Å². The van der Waals surface area contributed by atoms with Gasteiger partial charge in [0.15, 0.2) is 0 Å². The molecule has 31 heavy (non-hydrogen) atoms. The van der Waals surface area contributed by atoms with Gasteiger partial charge in [-0.3, -0.25) is 0 Å². The van der Waals surface area contributed by atoms with E-state index in [4.69, 9.17) is 44.3 Å². The summed E-state index contributed by atoms with van der Waals surface area (Å²) >= 11 is 18.9. The van der Waals surface area contributed by atoms with Crippen molar-refractivity contribution in [1.82, 2.24) is 4.90 Å². The van der Waals surface area contributed by atoms with Crippen molar-refractivity contribution in [2.45, 2.75) is 19.1 Å². The number of benzene rings is 3. The number of carbonyl (C=O) groups excluding carboxylic acids is 1. The first kappa shape index (κ1) is 21.8. The van der Waals surface area contributed by atoms with Crippen LogP contribution in [0.3, 0.4) is 0 Å². The quantitative estimate of drug-likeness (QED) is 0.402. The Kier molecular flexibility index (Phi) is 6.61. The van der Waals surface area contributed by atoms with Crippen LogP contribution in [0.2, 0.25) is 15.1 Å². The van der Waals surface area contributed by atoms with E-state index in [-0.39, 0.29) is 12.7 Å². The van der Waals surface area contributed by atoms with E-state index in [1.54, 1.807) is 25.2 Å². The number of nitrogens with zero attached hydrogens (tertiary/aromatic N) is 1. The van der Waals surface area contributed by atoms with Crippen LogP contribution in [0.15, 0.2) is 60.7 Å². The zero-order chi connectivity index (χ0) is 22.0. The van der Waals surface area contributed by atoms with Gasteiger partial charge in [-0.1, -0.05) is 65.1 Å². The van der Waals surface area contributed by atoms with Crippen molar-refractivity contribution in [2.75, 3.05) is 13.6 Å². The Morgan fingerprint density at radius 3 is 2.55 bits per heavy atom. The van der Waals surface area contributed by atoms with E-state index in [0.29, 0.717) is 33.8 Å². The van der Waals surface area contributed by atoms with E-state index in [1.807, 2.05) is 42.5 Å². The molecule has 0 spiro atoms. The van der Waals surface area contributed by atoms with Crippen LogP contribution >= 0.6 is 34.8 Å². The number of rotatable bonds is 5. The summed E-state index contributed by atoms with van der Waals surface area (Å²) < 4.78 is 11.6. The van der Waals surface area contributed by atoms with Crippen LogP contribution in [0.5, 0.6) is 5.75 Å². The van der Waals surface area contributed by atoms with Gasteiger partial charge in [-0.05, 0) is 35.9 Å². The molecule has 3 aromatic carbocycles. The maximum absolute atomic E-state index is 12.4. The molecular weight excluding hydrogens is 457 g/mol. The van der Waals surface area contributed by atoms with Crippen molar-refractivity contribution in [2.24, 2.45) is 0 Å². The lowest BCUT2D eigenvalue weighted by Crippen LogP contribution is -2.36. The molecule has 4 rings (SSSR count). The van der Waals surface area contributed by atoms with E-state index in [1.165, 1.54) is 4.90 Å². The van der Waals surface area contributed by atoms with Crippen LogP contribution in [0, 0.1) is 0 Å². The van der Waals surface area contributed by atoms with Crippen LogP contribution < -0.4 is 4.74 Å². The molecule has 1 aliphatic heterocycles. The number of amides is 1. The normalized spacial score (nSPS) is 14.6.